The number of Topliss-reactive ketones (excluding diaryl/α,β-unsaturated/α-hetero) is 1. The number of carbonyl (C=O) groups excluding carboxylic acids is 3. The molecular formula is C23H19NO6. The molecule has 7 nitrogen and oxygen atoms in total. The lowest BCUT2D eigenvalue weighted by Crippen LogP contribution is -2.32. The summed E-state index contributed by atoms with van der Waals surface area (Å²) in [5.41, 5.74) is 1.23. The minimum absolute atomic E-state index is 0.112. The first-order valence-electron chi connectivity index (χ1n) is 9.42. The fourth-order valence-electron chi connectivity index (χ4n) is 3.20. The highest BCUT2D eigenvalue weighted by Gasteiger charge is 2.17. The van der Waals surface area contributed by atoms with Crippen molar-refractivity contribution in [3.63, 3.8) is 0 Å². The Morgan fingerprint density at radius 2 is 1.73 bits per heavy atom. The molecule has 0 unspecified atom stereocenters. The predicted molar refractivity (Wildman–Crippen MR) is 109 cm³/mol. The van der Waals surface area contributed by atoms with Gasteiger partial charge in [-0.3, -0.25) is 14.4 Å². The molecule has 0 bridgehead atoms. The third kappa shape index (κ3) is 4.41. The maximum absolute atomic E-state index is 12.2. The van der Waals surface area contributed by atoms with E-state index in [0.29, 0.717) is 17.1 Å². The minimum Gasteiger partial charge on any atom is -0.456 e. The largest absolute Gasteiger partial charge is 0.456 e. The molecule has 0 fully saturated rings. The number of ketones is 1. The van der Waals surface area contributed by atoms with Gasteiger partial charge in [-0.1, -0.05) is 42.5 Å². The third-order valence-corrected chi connectivity index (χ3v) is 4.72. The van der Waals surface area contributed by atoms with Crippen LogP contribution in [0.15, 0.2) is 60.7 Å². The van der Waals surface area contributed by atoms with Crippen molar-refractivity contribution in [1.82, 2.24) is 5.32 Å². The second kappa shape index (κ2) is 8.65. The van der Waals surface area contributed by atoms with Gasteiger partial charge in [-0.15, -0.1) is 0 Å². The van der Waals surface area contributed by atoms with Crippen LogP contribution in [0.4, 0.5) is 0 Å². The van der Waals surface area contributed by atoms with Crippen LogP contribution in [-0.2, 0) is 20.7 Å². The number of esters is 1. The fourth-order valence-corrected chi connectivity index (χ4v) is 3.20. The van der Waals surface area contributed by atoms with Crippen LogP contribution in [0.3, 0.4) is 0 Å². The Hall–Kier alpha value is -3.87. The van der Waals surface area contributed by atoms with Crippen LogP contribution >= 0.6 is 0 Å². The maximum atomic E-state index is 12.2. The van der Waals surface area contributed by atoms with Gasteiger partial charge in [0.25, 0.3) is 0 Å². The number of amides is 1. The van der Waals surface area contributed by atoms with Crippen LogP contribution in [0.1, 0.15) is 15.9 Å². The van der Waals surface area contributed by atoms with Crippen LogP contribution in [0.25, 0.3) is 10.8 Å². The number of benzene rings is 3. The quantitative estimate of drug-likeness (QED) is 0.480. The topological polar surface area (TPSA) is 90.9 Å². The molecule has 0 atom stereocenters. The number of ether oxygens (including phenoxy) is 3. The average molecular weight is 405 g/mol. The standard InChI is InChI=1S/C23H19NO6/c25-19(17-8-9-20-21(10-17)30-14-29-20)13-28-23(27)12-24-22(26)11-16-6-3-5-15-4-1-2-7-18(15)16/h1-10H,11-14H2,(H,24,26). The molecule has 0 aromatic heterocycles. The second-order valence-electron chi connectivity index (χ2n) is 6.74. The smallest absolute Gasteiger partial charge is 0.325 e. The van der Waals surface area contributed by atoms with Crippen molar-refractivity contribution in [2.75, 3.05) is 19.9 Å². The number of rotatable bonds is 7. The molecule has 4 rings (SSSR count). The van der Waals surface area contributed by atoms with Crippen molar-refractivity contribution in [2.24, 2.45) is 0 Å². The molecule has 1 heterocycles. The zero-order chi connectivity index (χ0) is 20.9. The zero-order valence-corrected chi connectivity index (χ0v) is 16.1. The van der Waals surface area contributed by atoms with E-state index in [1.165, 1.54) is 0 Å². The van der Waals surface area contributed by atoms with Crippen molar-refractivity contribution >= 4 is 28.4 Å². The summed E-state index contributed by atoms with van der Waals surface area (Å²) < 4.78 is 15.4. The molecule has 0 saturated carbocycles. The molecule has 0 spiro atoms. The fraction of sp³-hybridized carbons (Fsp3) is 0.174. The van der Waals surface area contributed by atoms with E-state index in [1.807, 2.05) is 42.5 Å². The second-order valence-corrected chi connectivity index (χ2v) is 6.74. The zero-order valence-electron chi connectivity index (χ0n) is 16.1. The lowest BCUT2D eigenvalue weighted by Gasteiger charge is -2.08. The van der Waals surface area contributed by atoms with E-state index < -0.39 is 12.6 Å². The molecule has 1 amide bonds. The molecule has 0 saturated heterocycles. The Balaban J connectivity index is 1.25. The highest BCUT2D eigenvalue weighted by atomic mass is 16.7. The van der Waals surface area contributed by atoms with Crippen LogP contribution in [-0.4, -0.2) is 37.6 Å². The minimum atomic E-state index is -0.685. The molecule has 1 aliphatic rings. The molecule has 30 heavy (non-hydrogen) atoms. The summed E-state index contributed by atoms with van der Waals surface area (Å²) in [6, 6.07) is 18.3. The van der Waals surface area contributed by atoms with E-state index in [2.05, 4.69) is 5.32 Å². The summed E-state index contributed by atoms with van der Waals surface area (Å²) in [4.78, 5) is 36.3. The molecule has 0 aliphatic carbocycles. The molecular weight excluding hydrogens is 386 g/mol. The lowest BCUT2D eigenvalue weighted by molar-refractivity contribution is -0.142. The van der Waals surface area contributed by atoms with E-state index in [-0.39, 0.29) is 31.4 Å². The van der Waals surface area contributed by atoms with Gasteiger partial charge in [0.15, 0.2) is 23.9 Å². The molecule has 7 heteroatoms. The van der Waals surface area contributed by atoms with Gasteiger partial charge in [0.1, 0.15) is 6.54 Å². The van der Waals surface area contributed by atoms with E-state index >= 15 is 0 Å². The van der Waals surface area contributed by atoms with Crippen molar-refractivity contribution in [2.45, 2.75) is 6.42 Å². The van der Waals surface area contributed by atoms with E-state index in [9.17, 15) is 14.4 Å². The van der Waals surface area contributed by atoms with Gasteiger partial charge in [0.2, 0.25) is 12.7 Å². The molecule has 0 radical (unpaired) electrons. The monoisotopic (exact) mass is 405 g/mol. The first-order chi connectivity index (χ1) is 14.6. The normalized spacial score (nSPS) is 11.9. The molecule has 1 aliphatic heterocycles. The number of hydrogen-bond acceptors (Lipinski definition) is 6. The summed E-state index contributed by atoms with van der Waals surface area (Å²) in [7, 11) is 0. The molecule has 3 aromatic rings. The van der Waals surface area contributed by atoms with Gasteiger partial charge in [0, 0.05) is 5.56 Å². The number of fused-ring (bicyclic) bond motifs is 2. The van der Waals surface area contributed by atoms with Gasteiger partial charge >= 0.3 is 5.97 Å². The molecule has 152 valence electrons. The van der Waals surface area contributed by atoms with Gasteiger partial charge in [-0.2, -0.15) is 0 Å². The Bertz CT molecular complexity index is 1120. The van der Waals surface area contributed by atoms with Gasteiger partial charge < -0.3 is 19.5 Å². The number of nitrogens with one attached hydrogen (secondary N) is 1. The Kier molecular flexibility index (Phi) is 5.61. The van der Waals surface area contributed by atoms with Crippen molar-refractivity contribution in [3.05, 3.63) is 71.8 Å². The van der Waals surface area contributed by atoms with Crippen molar-refractivity contribution in [3.8, 4) is 11.5 Å². The highest BCUT2D eigenvalue weighted by molar-refractivity contribution is 5.98. The summed E-state index contributed by atoms with van der Waals surface area (Å²) in [5.74, 6) is -0.310. The summed E-state index contributed by atoms with van der Waals surface area (Å²) in [6.07, 6.45) is 0.144. The first-order valence-corrected chi connectivity index (χ1v) is 9.42. The SMILES string of the molecule is O=C(Cc1cccc2ccccc12)NCC(=O)OCC(=O)c1ccc2c(c1)OCO2. The van der Waals surface area contributed by atoms with E-state index in [0.717, 1.165) is 16.3 Å². The molecule has 3 aromatic carbocycles. The van der Waals surface area contributed by atoms with Crippen molar-refractivity contribution < 1.29 is 28.6 Å². The van der Waals surface area contributed by atoms with E-state index in [4.69, 9.17) is 14.2 Å². The third-order valence-electron chi connectivity index (χ3n) is 4.72. The van der Waals surface area contributed by atoms with Crippen LogP contribution in [0.5, 0.6) is 11.5 Å². The first kappa shape index (κ1) is 19.4. The van der Waals surface area contributed by atoms with Gasteiger partial charge in [-0.25, -0.2) is 0 Å². The lowest BCUT2D eigenvalue weighted by atomic mass is 10.0. The summed E-state index contributed by atoms with van der Waals surface area (Å²) in [5, 5.41) is 4.57. The summed E-state index contributed by atoms with van der Waals surface area (Å²) >= 11 is 0. The Morgan fingerprint density at radius 3 is 2.63 bits per heavy atom. The Morgan fingerprint density at radius 1 is 0.933 bits per heavy atom. The predicted octanol–water partition coefficient (Wildman–Crippen LogP) is 2.65. The van der Waals surface area contributed by atoms with Crippen LogP contribution in [0.2, 0.25) is 0 Å². The number of hydrogen-bond donors (Lipinski definition) is 1. The maximum Gasteiger partial charge on any atom is 0.325 e. The van der Waals surface area contributed by atoms with Crippen LogP contribution < -0.4 is 14.8 Å². The van der Waals surface area contributed by atoms with Crippen molar-refractivity contribution in [1.29, 1.82) is 0 Å². The summed E-state index contributed by atoms with van der Waals surface area (Å²) in [6.45, 7) is -0.615. The highest BCUT2D eigenvalue weighted by Crippen LogP contribution is 2.32. The van der Waals surface area contributed by atoms with Gasteiger partial charge in [-0.05, 0) is 34.5 Å². The number of carbonyl (C=O) groups is 3. The Labute approximate surface area is 172 Å². The van der Waals surface area contributed by atoms with Crippen LogP contribution in [0, 0.1) is 0 Å². The van der Waals surface area contributed by atoms with Gasteiger partial charge in [0.05, 0.1) is 6.42 Å². The molecule has 1 N–H and O–H groups in total. The van der Waals surface area contributed by atoms with E-state index in [1.54, 1.807) is 18.2 Å². The average Bonchev–Trinajstić information content (AvgIpc) is 3.24.